The second-order valence-corrected chi connectivity index (χ2v) is 29.4. The molecule has 0 aliphatic heterocycles. The standard InChI is InChI=1S/C14H34Ge2O/c1-11(2)15(9,12(3)4)17-16(10,13(5)6)14(7)8/h11-14H,1-10H3. The Labute approximate surface area is 115 Å². The fourth-order valence-electron chi connectivity index (χ4n) is 2.28. The molecule has 0 radical (unpaired) electrons. The number of hydrogen-bond acceptors (Lipinski definition) is 1. The van der Waals surface area contributed by atoms with Crippen molar-refractivity contribution in [3.8, 4) is 0 Å². The molecule has 104 valence electrons. The van der Waals surface area contributed by atoms with Crippen LogP contribution in [-0.2, 0) is 2.79 Å². The molecule has 0 atom stereocenters. The first-order valence-corrected chi connectivity index (χ1v) is 17.9. The van der Waals surface area contributed by atoms with Crippen LogP contribution in [0, 0.1) is 0 Å². The molecule has 1 nitrogen and oxygen atoms in total. The van der Waals surface area contributed by atoms with Gasteiger partial charge in [0.1, 0.15) is 0 Å². The zero-order chi connectivity index (χ0) is 14.0. The number of hydrogen-bond donors (Lipinski definition) is 0. The SMILES string of the molecule is C[CH](C)[Ge]([CH3])([O][Ge]([CH3])([CH](C)C)[CH](C)C)[CH](C)C. The van der Waals surface area contributed by atoms with Crippen molar-refractivity contribution in [2.24, 2.45) is 0 Å². The van der Waals surface area contributed by atoms with E-state index in [2.05, 4.69) is 66.9 Å². The van der Waals surface area contributed by atoms with Gasteiger partial charge in [-0.15, -0.1) is 0 Å². The fraction of sp³-hybridized carbons (Fsp3) is 1.00. The Bertz CT molecular complexity index is 194. The van der Waals surface area contributed by atoms with Gasteiger partial charge in [0.15, 0.2) is 0 Å². The molecule has 0 heterocycles. The van der Waals surface area contributed by atoms with Gasteiger partial charge < -0.3 is 0 Å². The summed E-state index contributed by atoms with van der Waals surface area (Å²) in [5.41, 5.74) is 0. The van der Waals surface area contributed by atoms with Crippen molar-refractivity contribution < 1.29 is 2.79 Å². The van der Waals surface area contributed by atoms with Crippen molar-refractivity contribution >= 4 is 27.2 Å². The molecular weight excluding hydrogens is 329 g/mol. The summed E-state index contributed by atoms with van der Waals surface area (Å²) >= 11 is -4.29. The molecule has 17 heavy (non-hydrogen) atoms. The molecule has 0 aliphatic rings. The van der Waals surface area contributed by atoms with Gasteiger partial charge in [0.2, 0.25) is 0 Å². The normalized spacial score (nSPS) is 14.5. The summed E-state index contributed by atoms with van der Waals surface area (Å²) in [4.78, 5) is 0. The van der Waals surface area contributed by atoms with Gasteiger partial charge >= 0.3 is 116 Å². The summed E-state index contributed by atoms with van der Waals surface area (Å²) in [6.07, 6.45) is 0. The molecule has 0 aromatic heterocycles. The zero-order valence-corrected chi connectivity index (χ0v) is 17.9. The van der Waals surface area contributed by atoms with Crippen LogP contribution in [0.25, 0.3) is 0 Å². The summed E-state index contributed by atoms with van der Waals surface area (Å²) in [6.45, 7) is 19.0. The van der Waals surface area contributed by atoms with Gasteiger partial charge in [0.05, 0.1) is 0 Å². The summed E-state index contributed by atoms with van der Waals surface area (Å²) in [5.74, 6) is 5.01. The predicted octanol–water partition coefficient (Wildman–Crippen LogP) is 5.79. The molecular formula is C14H34Ge2O. The monoisotopic (exact) mass is 366 g/mol. The molecule has 0 rings (SSSR count). The third kappa shape index (κ3) is 4.00. The fourth-order valence-corrected chi connectivity index (χ4v) is 32.4. The average Bonchev–Trinajstić information content (AvgIpc) is 2.15. The molecule has 0 aliphatic carbocycles. The van der Waals surface area contributed by atoms with Crippen molar-refractivity contribution in [3.63, 3.8) is 0 Å². The van der Waals surface area contributed by atoms with Crippen molar-refractivity contribution in [2.75, 3.05) is 0 Å². The molecule has 0 saturated heterocycles. The Morgan fingerprint density at radius 3 is 0.824 bits per heavy atom. The second kappa shape index (κ2) is 6.47. The van der Waals surface area contributed by atoms with Crippen molar-refractivity contribution in [1.29, 1.82) is 0 Å². The first-order valence-electron chi connectivity index (χ1n) is 7.18. The summed E-state index contributed by atoms with van der Waals surface area (Å²) in [5, 5.41) is 0. The Morgan fingerprint density at radius 2 is 0.706 bits per heavy atom. The Hall–Kier alpha value is 1.05. The second-order valence-electron chi connectivity index (χ2n) is 7.09. The Morgan fingerprint density at radius 1 is 0.529 bits per heavy atom. The molecule has 0 saturated carbocycles. The van der Waals surface area contributed by atoms with Crippen LogP contribution in [-0.4, -0.2) is 27.2 Å². The van der Waals surface area contributed by atoms with Crippen LogP contribution in [0.3, 0.4) is 0 Å². The first-order chi connectivity index (χ1) is 7.48. The van der Waals surface area contributed by atoms with Gasteiger partial charge in [-0.25, -0.2) is 0 Å². The van der Waals surface area contributed by atoms with Crippen LogP contribution in [0.5, 0.6) is 0 Å². The Balaban J connectivity index is 5.22. The molecule has 0 aromatic carbocycles. The quantitative estimate of drug-likeness (QED) is 0.542. The Kier molecular flexibility index (Phi) is 6.87. The summed E-state index contributed by atoms with van der Waals surface area (Å²) in [7, 11) is 0. The van der Waals surface area contributed by atoms with Crippen LogP contribution in [0.4, 0.5) is 0 Å². The van der Waals surface area contributed by atoms with Crippen LogP contribution in [0.15, 0.2) is 0 Å². The van der Waals surface area contributed by atoms with Crippen LogP contribution < -0.4 is 0 Å². The summed E-state index contributed by atoms with van der Waals surface area (Å²) in [6, 6.07) is 0. The molecule has 0 N–H and O–H groups in total. The van der Waals surface area contributed by atoms with E-state index in [1.165, 1.54) is 0 Å². The van der Waals surface area contributed by atoms with E-state index < -0.39 is 27.2 Å². The predicted molar refractivity (Wildman–Crippen MR) is 84.7 cm³/mol. The number of rotatable bonds is 6. The molecule has 0 unspecified atom stereocenters. The topological polar surface area (TPSA) is 9.23 Å². The summed E-state index contributed by atoms with van der Waals surface area (Å²) < 4.78 is 10.1. The third-order valence-electron chi connectivity index (χ3n) is 5.03. The van der Waals surface area contributed by atoms with Crippen LogP contribution in [0.1, 0.15) is 55.4 Å². The van der Waals surface area contributed by atoms with E-state index in [-0.39, 0.29) is 0 Å². The first kappa shape index (κ1) is 18.0. The molecule has 0 amide bonds. The van der Waals surface area contributed by atoms with Crippen molar-refractivity contribution in [1.82, 2.24) is 0 Å². The molecule has 0 spiro atoms. The van der Waals surface area contributed by atoms with E-state index in [0.29, 0.717) is 0 Å². The van der Waals surface area contributed by atoms with Gasteiger partial charge in [-0.3, -0.25) is 0 Å². The van der Waals surface area contributed by atoms with Crippen molar-refractivity contribution in [3.05, 3.63) is 0 Å². The van der Waals surface area contributed by atoms with Crippen LogP contribution in [0.2, 0.25) is 30.5 Å². The molecule has 0 bridgehead atoms. The van der Waals surface area contributed by atoms with Crippen LogP contribution >= 0.6 is 0 Å². The van der Waals surface area contributed by atoms with E-state index in [1.54, 1.807) is 0 Å². The van der Waals surface area contributed by atoms with Gasteiger partial charge in [0.25, 0.3) is 0 Å². The average molecular weight is 364 g/mol. The zero-order valence-electron chi connectivity index (χ0n) is 13.7. The maximum atomic E-state index is 7.05. The van der Waals surface area contributed by atoms with E-state index in [1.807, 2.05) is 0 Å². The van der Waals surface area contributed by atoms with E-state index in [4.69, 9.17) is 2.79 Å². The van der Waals surface area contributed by atoms with Crippen molar-refractivity contribution in [2.45, 2.75) is 85.9 Å². The maximum absolute atomic E-state index is 7.05. The molecule has 0 fully saturated rings. The van der Waals surface area contributed by atoms with E-state index >= 15 is 0 Å². The van der Waals surface area contributed by atoms with Gasteiger partial charge in [-0.05, 0) is 0 Å². The minimum atomic E-state index is -2.15. The van der Waals surface area contributed by atoms with Gasteiger partial charge in [-0.2, -0.15) is 0 Å². The van der Waals surface area contributed by atoms with E-state index in [9.17, 15) is 0 Å². The van der Waals surface area contributed by atoms with Gasteiger partial charge in [0, 0.05) is 0 Å². The minimum absolute atomic E-state index is 0.762. The molecule has 0 aromatic rings. The van der Waals surface area contributed by atoms with E-state index in [0.717, 1.165) is 19.0 Å². The third-order valence-corrected chi connectivity index (χ3v) is 35.7. The molecule has 3 heteroatoms. The van der Waals surface area contributed by atoms with Gasteiger partial charge in [-0.1, -0.05) is 0 Å².